The zero-order valence-electron chi connectivity index (χ0n) is 21.1. The lowest BCUT2D eigenvalue weighted by atomic mass is 10.00. The van der Waals surface area contributed by atoms with Crippen LogP contribution >= 0.6 is 0 Å². The van der Waals surface area contributed by atoms with E-state index in [1.165, 1.54) is 0 Å². The number of likely N-dealkylation sites (tertiary alicyclic amines) is 1. The van der Waals surface area contributed by atoms with E-state index in [-0.39, 0.29) is 30.6 Å². The summed E-state index contributed by atoms with van der Waals surface area (Å²) in [6.45, 7) is 7.26. The van der Waals surface area contributed by atoms with Crippen molar-refractivity contribution in [3.05, 3.63) is 53.6 Å². The number of amides is 1. The zero-order valence-corrected chi connectivity index (χ0v) is 21.1. The van der Waals surface area contributed by atoms with Gasteiger partial charge in [0, 0.05) is 24.9 Å². The number of ketones is 1. The Bertz CT molecular complexity index is 1030. The molecule has 2 N–H and O–H groups in total. The number of fused-ring (bicyclic) bond motifs is 1. The average molecular weight is 497 g/mol. The van der Waals surface area contributed by atoms with Crippen molar-refractivity contribution in [3.63, 3.8) is 0 Å². The molecule has 2 heterocycles. The third-order valence-corrected chi connectivity index (χ3v) is 6.42. The average Bonchev–Trinajstić information content (AvgIpc) is 3.39. The van der Waals surface area contributed by atoms with Crippen LogP contribution in [0.15, 0.2) is 42.5 Å². The van der Waals surface area contributed by atoms with Gasteiger partial charge in [-0.3, -0.25) is 9.59 Å². The van der Waals surface area contributed by atoms with Crippen LogP contribution in [0.25, 0.3) is 0 Å². The van der Waals surface area contributed by atoms with E-state index in [4.69, 9.17) is 14.2 Å². The molecule has 2 aliphatic heterocycles. The SMILES string of the molecule is CC(C)Oc1ccc(C(=O)CCC(=O)N[C@H](CN2CCCC2)[C@H](O)c2ccc3c(c2)OCCO3)cc1. The number of aliphatic hydroxyl groups is 1. The maximum Gasteiger partial charge on any atom is 0.220 e. The molecule has 0 unspecified atom stereocenters. The second-order valence-electron chi connectivity index (χ2n) is 9.64. The van der Waals surface area contributed by atoms with Gasteiger partial charge in [0.05, 0.1) is 12.1 Å². The summed E-state index contributed by atoms with van der Waals surface area (Å²) >= 11 is 0. The highest BCUT2D eigenvalue weighted by Gasteiger charge is 2.28. The van der Waals surface area contributed by atoms with Crippen LogP contribution in [0.4, 0.5) is 0 Å². The highest BCUT2D eigenvalue weighted by Crippen LogP contribution is 2.33. The minimum atomic E-state index is -0.922. The van der Waals surface area contributed by atoms with Crippen molar-refractivity contribution in [1.29, 1.82) is 0 Å². The van der Waals surface area contributed by atoms with Crippen LogP contribution in [-0.2, 0) is 4.79 Å². The lowest BCUT2D eigenvalue weighted by molar-refractivity contribution is -0.122. The summed E-state index contributed by atoms with van der Waals surface area (Å²) in [7, 11) is 0. The molecule has 0 spiro atoms. The van der Waals surface area contributed by atoms with Crippen molar-refractivity contribution in [2.45, 2.75) is 57.8 Å². The number of hydrogen-bond acceptors (Lipinski definition) is 7. The Balaban J connectivity index is 1.37. The third-order valence-electron chi connectivity index (χ3n) is 6.42. The molecule has 4 rings (SSSR count). The molecule has 2 atom stereocenters. The number of aliphatic hydroxyl groups excluding tert-OH is 1. The maximum atomic E-state index is 12.8. The van der Waals surface area contributed by atoms with E-state index >= 15 is 0 Å². The van der Waals surface area contributed by atoms with E-state index in [0.717, 1.165) is 25.9 Å². The number of nitrogens with one attached hydrogen (secondary N) is 1. The molecule has 0 aliphatic carbocycles. The summed E-state index contributed by atoms with van der Waals surface area (Å²) < 4.78 is 16.9. The highest BCUT2D eigenvalue weighted by molar-refractivity contribution is 5.98. The van der Waals surface area contributed by atoms with Gasteiger partial charge in [-0.1, -0.05) is 6.07 Å². The van der Waals surface area contributed by atoms with E-state index in [0.29, 0.717) is 48.1 Å². The van der Waals surface area contributed by atoms with Gasteiger partial charge in [-0.15, -0.1) is 0 Å². The Morgan fingerprint density at radius 1 is 1.00 bits per heavy atom. The summed E-state index contributed by atoms with van der Waals surface area (Å²) in [4.78, 5) is 27.7. The first-order valence-electron chi connectivity index (χ1n) is 12.8. The number of hydrogen-bond donors (Lipinski definition) is 2. The van der Waals surface area contributed by atoms with Gasteiger partial charge in [0.1, 0.15) is 25.1 Å². The first-order chi connectivity index (χ1) is 17.4. The lowest BCUT2D eigenvalue weighted by Gasteiger charge is -2.29. The number of rotatable bonds is 11. The van der Waals surface area contributed by atoms with Crippen LogP contribution in [0.2, 0.25) is 0 Å². The highest BCUT2D eigenvalue weighted by atomic mass is 16.6. The number of carbonyl (C=O) groups is 2. The smallest absolute Gasteiger partial charge is 0.220 e. The van der Waals surface area contributed by atoms with Crippen molar-refractivity contribution >= 4 is 11.7 Å². The van der Waals surface area contributed by atoms with Crippen molar-refractivity contribution < 1.29 is 28.9 Å². The summed E-state index contributed by atoms with van der Waals surface area (Å²) in [5, 5.41) is 14.2. The molecule has 0 saturated carbocycles. The minimum Gasteiger partial charge on any atom is -0.491 e. The second kappa shape index (κ2) is 12.2. The van der Waals surface area contributed by atoms with Crippen molar-refractivity contribution in [3.8, 4) is 17.2 Å². The number of Topliss-reactive ketones (excluding diaryl/α,β-unsaturated/α-hetero) is 1. The molecule has 2 aromatic rings. The Hall–Kier alpha value is -3.10. The number of nitrogens with zero attached hydrogens (tertiary/aromatic N) is 1. The van der Waals surface area contributed by atoms with Crippen LogP contribution < -0.4 is 19.5 Å². The van der Waals surface area contributed by atoms with E-state index in [9.17, 15) is 14.7 Å². The molecule has 2 aliphatic rings. The summed E-state index contributed by atoms with van der Waals surface area (Å²) in [5.74, 6) is 1.59. The Kier molecular flexibility index (Phi) is 8.83. The van der Waals surface area contributed by atoms with Gasteiger partial charge in [0.25, 0.3) is 0 Å². The molecule has 1 fully saturated rings. The topological polar surface area (TPSA) is 97.3 Å². The van der Waals surface area contributed by atoms with Gasteiger partial charge in [-0.2, -0.15) is 0 Å². The van der Waals surface area contributed by atoms with Crippen LogP contribution in [0.3, 0.4) is 0 Å². The van der Waals surface area contributed by atoms with Gasteiger partial charge in [0.2, 0.25) is 5.91 Å². The fraction of sp³-hybridized carbons (Fsp3) is 0.500. The van der Waals surface area contributed by atoms with Gasteiger partial charge >= 0.3 is 0 Å². The summed E-state index contributed by atoms with van der Waals surface area (Å²) in [5.41, 5.74) is 1.20. The minimum absolute atomic E-state index is 0.0490. The molecule has 8 heteroatoms. The fourth-order valence-electron chi connectivity index (χ4n) is 4.59. The van der Waals surface area contributed by atoms with Crippen LogP contribution in [0.1, 0.15) is 61.6 Å². The molecule has 194 valence electrons. The van der Waals surface area contributed by atoms with Crippen LogP contribution in [-0.4, -0.2) is 66.7 Å². The molecule has 2 aromatic carbocycles. The quantitative estimate of drug-likeness (QED) is 0.460. The number of benzene rings is 2. The fourth-order valence-corrected chi connectivity index (χ4v) is 4.59. The van der Waals surface area contributed by atoms with E-state index < -0.39 is 12.1 Å². The van der Waals surface area contributed by atoms with Gasteiger partial charge in [-0.25, -0.2) is 0 Å². The molecule has 8 nitrogen and oxygen atoms in total. The third kappa shape index (κ3) is 6.98. The molecule has 0 aromatic heterocycles. The summed E-state index contributed by atoms with van der Waals surface area (Å²) in [6.07, 6.45) is 1.49. The van der Waals surface area contributed by atoms with E-state index in [1.807, 2.05) is 13.8 Å². The van der Waals surface area contributed by atoms with Gasteiger partial charge < -0.3 is 29.5 Å². The Morgan fingerprint density at radius 3 is 2.39 bits per heavy atom. The molecule has 0 radical (unpaired) electrons. The monoisotopic (exact) mass is 496 g/mol. The molecule has 1 saturated heterocycles. The summed E-state index contributed by atoms with van der Waals surface area (Å²) in [6, 6.07) is 11.8. The van der Waals surface area contributed by atoms with E-state index in [2.05, 4.69) is 10.2 Å². The second-order valence-corrected chi connectivity index (χ2v) is 9.64. The van der Waals surface area contributed by atoms with Crippen molar-refractivity contribution in [1.82, 2.24) is 10.2 Å². The molecule has 36 heavy (non-hydrogen) atoms. The molecule has 0 bridgehead atoms. The zero-order chi connectivity index (χ0) is 25.5. The number of carbonyl (C=O) groups excluding carboxylic acids is 2. The van der Waals surface area contributed by atoms with Crippen LogP contribution in [0, 0.1) is 0 Å². The van der Waals surface area contributed by atoms with Gasteiger partial charge in [0.15, 0.2) is 17.3 Å². The molecule has 1 amide bonds. The largest absolute Gasteiger partial charge is 0.491 e. The first-order valence-corrected chi connectivity index (χ1v) is 12.8. The van der Waals surface area contributed by atoms with Gasteiger partial charge in [-0.05, 0) is 81.7 Å². The predicted octanol–water partition coefficient (Wildman–Crippen LogP) is 3.52. The normalized spacial score (nSPS) is 17.0. The maximum absolute atomic E-state index is 12.8. The van der Waals surface area contributed by atoms with Crippen molar-refractivity contribution in [2.75, 3.05) is 32.8 Å². The standard InChI is InChI=1S/C28H36N2O6/c1-19(2)36-22-8-5-20(6-9-22)24(31)10-12-27(32)29-23(18-30-13-3-4-14-30)28(33)21-7-11-25-26(17-21)35-16-15-34-25/h5-9,11,17,19,23,28,33H,3-4,10,12-16,18H2,1-2H3,(H,29,32)/t23-,28-/m1/s1. The van der Waals surface area contributed by atoms with Crippen molar-refractivity contribution in [2.24, 2.45) is 0 Å². The van der Waals surface area contributed by atoms with E-state index in [1.54, 1.807) is 42.5 Å². The molecular formula is C28H36N2O6. The predicted molar refractivity (Wildman–Crippen MR) is 136 cm³/mol. The Morgan fingerprint density at radius 2 is 1.69 bits per heavy atom. The first kappa shape index (κ1) is 26.0. The lowest BCUT2D eigenvalue weighted by Crippen LogP contribution is -2.46. The Labute approximate surface area is 212 Å². The molecular weight excluding hydrogens is 460 g/mol. The van der Waals surface area contributed by atoms with Crippen LogP contribution in [0.5, 0.6) is 17.2 Å². The number of ether oxygens (including phenoxy) is 3.